The zero-order chi connectivity index (χ0) is 16.4. The van der Waals surface area contributed by atoms with Gasteiger partial charge in [-0.1, -0.05) is 29.8 Å². The number of aryl methyl sites for hydroxylation is 1. The second-order valence-corrected chi connectivity index (χ2v) is 6.71. The van der Waals surface area contributed by atoms with Gasteiger partial charge in [0.2, 0.25) is 0 Å². The molecule has 1 heterocycles. The van der Waals surface area contributed by atoms with Crippen molar-refractivity contribution in [1.29, 1.82) is 0 Å². The molecule has 1 aromatic carbocycles. The normalized spacial score (nSPS) is 12.3. The Labute approximate surface area is 133 Å². The second kappa shape index (κ2) is 6.23. The lowest BCUT2D eigenvalue weighted by molar-refractivity contribution is -0.0893. The molecule has 0 atom stereocenters. The first kappa shape index (κ1) is 16.7. The van der Waals surface area contributed by atoms with Gasteiger partial charge in [-0.3, -0.25) is 4.98 Å². The van der Waals surface area contributed by atoms with E-state index in [4.69, 9.17) is 4.65 Å². The van der Waals surface area contributed by atoms with Gasteiger partial charge in [0, 0.05) is 11.8 Å². The highest BCUT2D eigenvalue weighted by Gasteiger charge is 2.35. The molecule has 0 unspecified atom stereocenters. The molecular formula is C18H24BNO2. The summed E-state index contributed by atoms with van der Waals surface area (Å²) >= 11 is 0. The fourth-order valence-electron chi connectivity index (χ4n) is 1.99. The van der Waals surface area contributed by atoms with Crippen molar-refractivity contribution in [3.8, 4) is 11.3 Å². The molecular weight excluding hydrogens is 273 g/mol. The Morgan fingerprint density at radius 2 is 1.82 bits per heavy atom. The Hall–Kier alpha value is -1.65. The molecule has 116 valence electrons. The van der Waals surface area contributed by atoms with Crippen LogP contribution >= 0.6 is 0 Å². The van der Waals surface area contributed by atoms with E-state index >= 15 is 0 Å². The van der Waals surface area contributed by atoms with E-state index in [0.29, 0.717) is 7.48 Å². The van der Waals surface area contributed by atoms with Gasteiger partial charge in [-0.25, -0.2) is 0 Å². The number of hydrogen-bond donors (Lipinski definition) is 1. The molecule has 0 bridgehead atoms. The van der Waals surface area contributed by atoms with Gasteiger partial charge in [-0.2, -0.15) is 0 Å². The minimum absolute atomic E-state index is 0.478. The van der Waals surface area contributed by atoms with E-state index in [1.54, 1.807) is 20.0 Å². The zero-order valence-corrected chi connectivity index (χ0v) is 14.1. The maximum atomic E-state index is 10.2. The molecule has 0 aliphatic carbocycles. The number of aliphatic hydroxyl groups is 1. The maximum Gasteiger partial charge on any atom is 0.309 e. The maximum absolute atomic E-state index is 10.2. The van der Waals surface area contributed by atoms with Crippen molar-refractivity contribution in [2.45, 2.75) is 45.8 Å². The summed E-state index contributed by atoms with van der Waals surface area (Å²) in [6.07, 6.45) is 1.80. The Morgan fingerprint density at radius 1 is 1.09 bits per heavy atom. The first-order valence-electron chi connectivity index (χ1n) is 7.58. The van der Waals surface area contributed by atoms with Crippen LogP contribution in [0, 0.1) is 6.92 Å². The monoisotopic (exact) mass is 297 g/mol. The van der Waals surface area contributed by atoms with E-state index in [9.17, 15) is 5.11 Å². The zero-order valence-electron chi connectivity index (χ0n) is 14.1. The minimum Gasteiger partial charge on any atom is -0.427 e. The molecule has 22 heavy (non-hydrogen) atoms. The van der Waals surface area contributed by atoms with Crippen LogP contribution in [-0.4, -0.2) is 28.8 Å². The first-order valence-corrected chi connectivity index (χ1v) is 7.58. The van der Waals surface area contributed by atoms with E-state index in [1.165, 1.54) is 0 Å². The van der Waals surface area contributed by atoms with Crippen LogP contribution in [0.1, 0.15) is 33.3 Å². The molecule has 0 aliphatic heterocycles. The highest BCUT2D eigenvalue weighted by atomic mass is 16.5. The van der Waals surface area contributed by atoms with E-state index < -0.39 is 11.2 Å². The van der Waals surface area contributed by atoms with Crippen LogP contribution in [0.2, 0.25) is 0 Å². The van der Waals surface area contributed by atoms with Crippen LogP contribution in [0.25, 0.3) is 11.3 Å². The van der Waals surface area contributed by atoms with Gasteiger partial charge in [0.25, 0.3) is 0 Å². The van der Waals surface area contributed by atoms with Crippen LogP contribution in [-0.2, 0) is 4.65 Å². The predicted octanol–water partition coefficient (Wildman–Crippen LogP) is 2.60. The summed E-state index contributed by atoms with van der Waals surface area (Å²) in [5.74, 6) is 0. The number of aromatic nitrogens is 1. The van der Waals surface area contributed by atoms with Gasteiger partial charge in [0.1, 0.15) is 0 Å². The fourth-order valence-corrected chi connectivity index (χ4v) is 1.99. The lowest BCUT2D eigenvalue weighted by Gasteiger charge is -2.37. The standard InChI is InChI=1S/C18H24BNO2/c1-13-12-14(16-8-6-7-11-20-16)9-10-15(13)19-22-18(4,5)17(2,3)21/h6-12,19,21H,1-5H3. The number of rotatable bonds is 5. The summed E-state index contributed by atoms with van der Waals surface area (Å²) in [5, 5.41) is 10.2. The summed E-state index contributed by atoms with van der Waals surface area (Å²) in [7, 11) is 0.478. The van der Waals surface area contributed by atoms with Crippen molar-refractivity contribution >= 4 is 12.9 Å². The minimum atomic E-state index is -0.894. The molecule has 2 rings (SSSR count). The van der Waals surface area contributed by atoms with Crippen molar-refractivity contribution in [3.63, 3.8) is 0 Å². The van der Waals surface area contributed by atoms with Crippen LogP contribution in [0.3, 0.4) is 0 Å². The van der Waals surface area contributed by atoms with Gasteiger partial charge in [0.05, 0.1) is 16.9 Å². The Bertz CT molecular complexity index is 633. The summed E-state index contributed by atoms with van der Waals surface area (Å²) in [6.45, 7) is 9.42. The van der Waals surface area contributed by atoms with Crippen molar-refractivity contribution in [3.05, 3.63) is 48.2 Å². The average Bonchev–Trinajstić information content (AvgIpc) is 2.45. The first-order chi connectivity index (χ1) is 10.2. The van der Waals surface area contributed by atoms with Crippen molar-refractivity contribution in [1.82, 2.24) is 4.98 Å². The lowest BCUT2D eigenvalue weighted by Crippen LogP contribution is -2.49. The van der Waals surface area contributed by atoms with E-state index in [0.717, 1.165) is 22.3 Å². The summed E-state index contributed by atoms with van der Waals surface area (Å²) in [6, 6.07) is 12.2. The van der Waals surface area contributed by atoms with Crippen LogP contribution in [0.5, 0.6) is 0 Å². The highest BCUT2D eigenvalue weighted by molar-refractivity contribution is 6.47. The third-order valence-electron chi connectivity index (χ3n) is 4.37. The van der Waals surface area contributed by atoms with E-state index in [2.05, 4.69) is 30.1 Å². The highest BCUT2D eigenvalue weighted by Crippen LogP contribution is 2.24. The summed E-state index contributed by atoms with van der Waals surface area (Å²) in [5.41, 5.74) is 2.85. The van der Waals surface area contributed by atoms with Crippen molar-refractivity contribution in [2.24, 2.45) is 0 Å². The summed E-state index contributed by atoms with van der Waals surface area (Å²) in [4.78, 5) is 4.37. The molecule has 0 saturated heterocycles. The van der Waals surface area contributed by atoms with Crippen molar-refractivity contribution < 1.29 is 9.76 Å². The van der Waals surface area contributed by atoms with Crippen LogP contribution < -0.4 is 5.46 Å². The van der Waals surface area contributed by atoms with Gasteiger partial charge < -0.3 is 9.76 Å². The third kappa shape index (κ3) is 3.76. The molecule has 1 aromatic heterocycles. The molecule has 0 saturated carbocycles. The molecule has 3 nitrogen and oxygen atoms in total. The molecule has 4 heteroatoms. The lowest BCUT2D eigenvalue weighted by atomic mass is 9.80. The predicted molar refractivity (Wildman–Crippen MR) is 92.7 cm³/mol. The quantitative estimate of drug-likeness (QED) is 0.863. The van der Waals surface area contributed by atoms with Gasteiger partial charge in [-0.15, -0.1) is 0 Å². The second-order valence-electron chi connectivity index (χ2n) is 6.71. The van der Waals surface area contributed by atoms with Gasteiger partial charge >= 0.3 is 7.48 Å². The third-order valence-corrected chi connectivity index (χ3v) is 4.37. The molecule has 0 fully saturated rings. The Balaban J connectivity index is 2.15. The summed E-state index contributed by atoms with van der Waals surface area (Å²) < 4.78 is 5.94. The Morgan fingerprint density at radius 3 is 2.36 bits per heavy atom. The molecule has 2 aromatic rings. The SMILES string of the molecule is Cc1cc(-c2ccccn2)ccc1BOC(C)(C)C(C)(C)O. The van der Waals surface area contributed by atoms with Crippen LogP contribution in [0.4, 0.5) is 0 Å². The molecule has 0 amide bonds. The number of hydrogen-bond acceptors (Lipinski definition) is 3. The van der Waals surface area contributed by atoms with Crippen molar-refractivity contribution in [2.75, 3.05) is 0 Å². The van der Waals surface area contributed by atoms with Crippen LogP contribution in [0.15, 0.2) is 42.6 Å². The smallest absolute Gasteiger partial charge is 0.309 e. The van der Waals surface area contributed by atoms with Gasteiger partial charge in [-0.05, 0) is 52.2 Å². The largest absolute Gasteiger partial charge is 0.427 e. The topological polar surface area (TPSA) is 42.4 Å². The molecule has 0 spiro atoms. The molecule has 0 radical (unpaired) electrons. The molecule has 1 N–H and O–H groups in total. The van der Waals surface area contributed by atoms with E-state index in [-0.39, 0.29) is 0 Å². The number of pyridine rings is 1. The van der Waals surface area contributed by atoms with E-state index in [1.807, 2.05) is 32.0 Å². The average molecular weight is 297 g/mol. The Kier molecular flexibility index (Phi) is 4.73. The number of nitrogens with zero attached hydrogens (tertiary/aromatic N) is 1. The van der Waals surface area contributed by atoms with Gasteiger partial charge in [0.15, 0.2) is 0 Å². The number of benzene rings is 1. The molecule has 0 aliphatic rings. The fraction of sp³-hybridized carbons (Fsp3) is 0.389.